The van der Waals surface area contributed by atoms with Gasteiger partial charge in [-0.2, -0.15) is 5.10 Å². The Balaban J connectivity index is 1.60. The summed E-state index contributed by atoms with van der Waals surface area (Å²) < 4.78 is 1.60. The minimum absolute atomic E-state index is 0.0423. The molecule has 39 heavy (non-hydrogen) atoms. The van der Waals surface area contributed by atoms with Crippen molar-refractivity contribution in [2.45, 2.75) is 57.9 Å². The van der Waals surface area contributed by atoms with E-state index >= 15 is 0 Å². The Labute approximate surface area is 237 Å². The lowest BCUT2D eigenvalue weighted by molar-refractivity contribution is -0.155. The molecule has 0 bridgehead atoms. The van der Waals surface area contributed by atoms with Crippen molar-refractivity contribution in [1.82, 2.24) is 14.7 Å². The first-order valence-corrected chi connectivity index (χ1v) is 13.3. The Hall–Kier alpha value is -3.56. The van der Waals surface area contributed by atoms with Crippen LogP contribution >= 0.6 is 23.2 Å². The highest BCUT2D eigenvalue weighted by molar-refractivity contribution is 6.44. The molecule has 3 N–H and O–H groups in total. The highest BCUT2D eigenvalue weighted by Crippen LogP contribution is 2.32. The second-order valence-corrected chi connectivity index (χ2v) is 11.6. The van der Waals surface area contributed by atoms with Gasteiger partial charge in [0.2, 0.25) is 5.91 Å². The number of hydrogen-bond donors (Lipinski definition) is 3. The number of hydrogen-bond acceptors (Lipinski definition) is 4. The van der Waals surface area contributed by atoms with Crippen LogP contribution in [-0.2, 0) is 21.4 Å². The fraction of sp³-hybridized carbons (Fsp3) is 0.357. The monoisotopic (exact) mass is 571 g/mol. The van der Waals surface area contributed by atoms with E-state index in [-0.39, 0.29) is 22.8 Å². The highest BCUT2D eigenvalue weighted by Gasteiger charge is 2.45. The molecule has 0 radical (unpaired) electrons. The van der Waals surface area contributed by atoms with Crippen LogP contribution in [0.3, 0.4) is 0 Å². The predicted molar refractivity (Wildman–Crippen MR) is 152 cm³/mol. The molecule has 3 aromatic rings. The van der Waals surface area contributed by atoms with Crippen molar-refractivity contribution in [3.8, 4) is 5.69 Å². The van der Waals surface area contributed by atoms with Gasteiger partial charge < -0.3 is 15.3 Å². The normalized spacial score (nSPS) is 17.2. The third kappa shape index (κ3) is 6.04. The van der Waals surface area contributed by atoms with Crippen LogP contribution in [0.15, 0.2) is 48.5 Å². The second kappa shape index (κ2) is 10.9. The van der Waals surface area contributed by atoms with Crippen molar-refractivity contribution in [3.63, 3.8) is 0 Å². The van der Waals surface area contributed by atoms with Gasteiger partial charge in [0.25, 0.3) is 0 Å². The van der Waals surface area contributed by atoms with Gasteiger partial charge in [-0.05, 0) is 49.6 Å². The SMILES string of the molecule is CC(C)(C)c1cc(NC(=O)Nc2cccc(Cl)c2Cl)n(-c2cccc(CC(=O)N3CCC[C@@]3(C)C(=O)O)c2)n1. The standard InChI is InChI=1S/C28H31Cl2N5O4/c1-27(2,3)21-16-22(32-26(39)31-20-11-6-10-19(29)24(20)30)35(33-21)18-9-5-8-17(14-18)15-23(36)34-13-7-12-28(34,4)25(37)38/h5-6,8-11,14,16H,7,12-13,15H2,1-4H3,(H,37,38)(H2,31,32,39)/t28-/m0/s1. The van der Waals surface area contributed by atoms with E-state index in [2.05, 4.69) is 10.6 Å². The van der Waals surface area contributed by atoms with E-state index in [0.29, 0.717) is 47.2 Å². The summed E-state index contributed by atoms with van der Waals surface area (Å²) in [5.41, 5.74) is 0.933. The molecule has 0 spiro atoms. The number of carboxylic acids is 1. The van der Waals surface area contributed by atoms with Gasteiger partial charge in [0.05, 0.1) is 33.5 Å². The molecule has 0 aliphatic carbocycles. The number of nitrogens with zero attached hydrogens (tertiary/aromatic N) is 3. The van der Waals surface area contributed by atoms with Crippen LogP contribution in [0.4, 0.5) is 16.3 Å². The molecule has 0 saturated carbocycles. The van der Waals surface area contributed by atoms with Crippen LogP contribution in [0.2, 0.25) is 10.0 Å². The van der Waals surface area contributed by atoms with Gasteiger partial charge in [-0.15, -0.1) is 0 Å². The third-order valence-corrected chi connectivity index (χ3v) is 7.65. The zero-order chi connectivity index (χ0) is 28.5. The lowest BCUT2D eigenvalue weighted by atomic mass is 9.92. The van der Waals surface area contributed by atoms with Crippen LogP contribution in [0.25, 0.3) is 5.69 Å². The van der Waals surface area contributed by atoms with Crippen molar-refractivity contribution in [1.29, 1.82) is 0 Å². The number of carbonyl (C=O) groups is 3. The van der Waals surface area contributed by atoms with Crippen LogP contribution < -0.4 is 10.6 Å². The van der Waals surface area contributed by atoms with Crippen LogP contribution in [0.1, 0.15) is 51.8 Å². The molecule has 0 unspecified atom stereocenters. The van der Waals surface area contributed by atoms with Crippen molar-refractivity contribution >= 4 is 52.6 Å². The summed E-state index contributed by atoms with van der Waals surface area (Å²) in [6.45, 7) is 8.04. The van der Waals surface area contributed by atoms with E-state index in [4.69, 9.17) is 28.3 Å². The average molecular weight is 572 g/mol. The molecule has 4 rings (SSSR count). The zero-order valence-corrected chi connectivity index (χ0v) is 23.7. The number of aliphatic carboxylic acids is 1. The Kier molecular flexibility index (Phi) is 7.95. The maximum Gasteiger partial charge on any atom is 0.329 e. The fourth-order valence-corrected chi connectivity index (χ4v) is 4.91. The molecule has 11 heteroatoms. The topological polar surface area (TPSA) is 117 Å². The van der Waals surface area contributed by atoms with Crippen LogP contribution in [-0.4, -0.2) is 49.8 Å². The van der Waals surface area contributed by atoms with E-state index < -0.39 is 17.5 Å². The predicted octanol–water partition coefficient (Wildman–Crippen LogP) is 6.13. The summed E-state index contributed by atoms with van der Waals surface area (Å²) >= 11 is 12.3. The molecule has 1 fully saturated rings. The number of anilines is 2. The van der Waals surface area contributed by atoms with Crippen molar-refractivity contribution in [3.05, 3.63) is 69.8 Å². The summed E-state index contributed by atoms with van der Waals surface area (Å²) in [7, 11) is 0. The molecule has 1 aliphatic heterocycles. The quantitative estimate of drug-likeness (QED) is 0.329. The number of amides is 3. The summed E-state index contributed by atoms with van der Waals surface area (Å²) in [4.78, 5) is 39.3. The molecule has 9 nitrogen and oxygen atoms in total. The van der Waals surface area contributed by atoms with Gasteiger partial charge in [0.1, 0.15) is 11.4 Å². The van der Waals surface area contributed by atoms with E-state index in [1.165, 1.54) is 4.90 Å². The molecular formula is C28H31Cl2N5O4. The van der Waals surface area contributed by atoms with Gasteiger partial charge in [-0.25, -0.2) is 14.3 Å². The average Bonchev–Trinajstić information content (AvgIpc) is 3.47. The smallest absolute Gasteiger partial charge is 0.329 e. The van der Waals surface area contributed by atoms with Gasteiger partial charge in [-0.1, -0.05) is 62.2 Å². The maximum atomic E-state index is 13.1. The number of benzene rings is 2. The number of halogens is 2. The van der Waals surface area contributed by atoms with Crippen molar-refractivity contribution in [2.24, 2.45) is 0 Å². The highest BCUT2D eigenvalue weighted by atomic mass is 35.5. The molecule has 2 aromatic carbocycles. The molecule has 1 aliphatic rings. The summed E-state index contributed by atoms with van der Waals surface area (Å²) in [5.74, 6) is -0.833. The number of aromatic nitrogens is 2. The maximum absolute atomic E-state index is 13.1. The van der Waals surface area contributed by atoms with Crippen LogP contribution in [0, 0.1) is 0 Å². The second-order valence-electron chi connectivity index (χ2n) is 10.8. The fourth-order valence-electron chi connectivity index (χ4n) is 4.56. The minimum atomic E-state index is -1.20. The lowest BCUT2D eigenvalue weighted by Crippen LogP contribution is -2.51. The van der Waals surface area contributed by atoms with Gasteiger partial charge in [0, 0.05) is 18.0 Å². The number of nitrogens with one attached hydrogen (secondary N) is 2. The number of carbonyl (C=O) groups excluding carboxylic acids is 2. The van der Waals surface area contributed by atoms with E-state index in [1.807, 2.05) is 39.0 Å². The third-order valence-electron chi connectivity index (χ3n) is 6.83. The van der Waals surface area contributed by atoms with Gasteiger partial charge in [-0.3, -0.25) is 10.1 Å². The summed E-state index contributed by atoms with van der Waals surface area (Å²) in [6.07, 6.45) is 1.12. The first kappa shape index (κ1) is 28.4. The number of rotatable bonds is 6. The molecular weight excluding hydrogens is 541 g/mol. The van der Waals surface area contributed by atoms with Gasteiger partial charge in [0.15, 0.2) is 0 Å². The van der Waals surface area contributed by atoms with Crippen molar-refractivity contribution in [2.75, 3.05) is 17.2 Å². The first-order valence-electron chi connectivity index (χ1n) is 12.6. The lowest BCUT2D eigenvalue weighted by Gasteiger charge is -2.31. The summed E-state index contributed by atoms with van der Waals surface area (Å²) in [6, 6.07) is 13.4. The number of carboxylic acid groups (broad SMARTS) is 1. The molecule has 1 aromatic heterocycles. The van der Waals surface area contributed by atoms with Crippen LogP contribution in [0.5, 0.6) is 0 Å². The Morgan fingerprint density at radius 2 is 1.79 bits per heavy atom. The van der Waals surface area contributed by atoms with E-state index in [1.54, 1.807) is 41.9 Å². The van der Waals surface area contributed by atoms with Crippen molar-refractivity contribution < 1.29 is 19.5 Å². The largest absolute Gasteiger partial charge is 0.480 e. The van der Waals surface area contributed by atoms with Gasteiger partial charge >= 0.3 is 12.0 Å². The number of urea groups is 1. The Morgan fingerprint density at radius 1 is 1.08 bits per heavy atom. The van der Waals surface area contributed by atoms with E-state index in [0.717, 1.165) is 5.69 Å². The molecule has 2 heterocycles. The number of likely N-dealkylation sites (tertiary alicyclic amines) is 1. The molecule has 1 saturated heterocycles. The van der Waals surface area contributed by atoms with E-state index in [9.17, 15) is 19.5 Å². The Morgan fingerprint density at radius 3 is 2.49 bits per heavy atom. The zero-order valence-electron chi connectivity index (χ0n) is 22.2. The minimum Gasteiger partial charge on any atom is -0.480 e. The summed E-state index contributed by atoms with van der Waals surface area (Å²) in [5, 5.41) is 20.5. The first-order chi connectivity index (χ1) is 18.3. The molecule has 1 atom stereocenters. The Bertz CT molecular complexity index is 1430. The molecule has 3 amide bonds. The molecule has 206 valence electrons.